The van der Waals surface area contributed by atoms with Crippen molar-refractivity contribution in [3.63, 3.8) is 0 Å². The van der Waals surface area contributed by atoms with Crippen LogP contribution in [-0.4, -0.2) is 11.1 Å². The topological polar surface area (TPSA) is 17.1 Å². The van der Waals surface area contributed by atoms with E-state index in [4.69, 9.17) is 0 Å². The van der Waals surface area contributed by atoms with Gasteiger partial charge in [0.1, 0.15) is 5.78 Å². The summed E-state index contributed by atoms with van der Waals surface area (Å²) in [5.41, 5.74) is 0. The van der Waals surface area contributed by atoms with Crippen LogP contribution in [0.25, 0.3) is 0 Å². The fourth-order valence-corrected chi connectivity index (χ4v) is 2.31. The average molecular weight is 219 g/mol. The molecule has 64 valence electrons. The Bertz CT molecular complexity index is 144. The second-order valence-corrected chi connectivity index (χ2v) is 4.03. The first-order chi connectivity index (χ1) is 5.25. The van der Waals surface area contributed by atoms with Gasteiger partial charge in [-0.15, -0.1) is 0 Å². The van der Waals surface area contributed by atoms with E-state index in [9.17, 15) is 4.79 Å². The molecule has 1 aliphatic carbocycles. The molecule has 0 aromatic heterocycles. The molecule has 1 saturated carbocycles. The first-order valence-corrected chi connectivity index (χ1v) is 5.46. The van der Waals surface area contributed by atoms with Gasteiger partial charge in [-0.2, -0.15) is 0 Å². The zero-order valence-corrected chi connectivity index (χ0v) is 8.56. The second kappa shape index (κ2) is 4.24. The van der Waals surface area contributed by atoms with Gasteiger partial charge in [-0.3, -0.25) is 4.79 Å². The van der Waals surface area contributed by atoms with Crippen LogP contribution in [-0.2, 0) is 4.79 Å². The number of hydrogen-bond acceptors (Lipinski definition) is 1. The number of ketones is 1. The molecule has 0 bridgehead atoms. The molecule has 0 radical (unpaired) electrons. The molecular weight excluding hydrogens is 204 g/mol. The van der Waals surface area contributed by atoms with E-state index in [2.05, 4.69) is 22.9 Å². The molecule has 0 spiro atoms. The summed E-state index contributed by atoms with van der Waals surface area (Å²) in [6.45, 7) is 2.20. The van der Waals surface area contributed by atoms with E-state index in [0.717, 1.165) is 6.42 Å². The van der Waals surface area contributed by atoms with E-state index < -0.39 is 0 Å². The molecule has 0 saturated heterocycles. The smallest absolute Gasteiger partial charge is 0.146 e. The van der Waals surface area contributed by atoms with Gasteiger partial charge in [0, 0.05) is 5.92 Å². The van der Waals surface area contributed by atoms with Crippen LogP contribution in [0.1, 0.15) is 32.6 Å². The van der Waals surface area contributed by atoms with Gasteiger partial charge in [0.2, 0.25) is 0 Å². The fraction of sp³-hybridized carbons (Fsp3) is 0.889. The highest BCUT2D eigenvalue weighted by Gasteiger charge is 2.26. The van der Waals surface area contributed by atoms with Crippen LogP contribution in [0.4, 0.5) is 0 Å². The minimum absolute atomic E-state index is 0.350. The third kappa shape index (κ3) is 2.29. The quantitative estimate of drug-likeness (QED) is 0.652. The van der Waals surface area contributed by atoms with Crippen LogP contribution < -0.4 is 0 Å². The van der Waals surface area contributed by atoms with Crippen LogP contribution in [0.3, 0.4) is 0 Å². The maximum Gasteiger partial charge on any atom is 0.146 e. The summed E-state index contributed by atoms with van der Waals surface area (Å²) in [5.74, 6) is 1.37. The second-order valence-electron chi connectivity index (χ2n) is 3.47. The lowest BCUT2D eigenvalue weighted by Crippen LogP contribution is -2.25. The molecule has 11 heavy (non-hydrogen) atoms. The number of halogens is 1. The van der Waals surface area contributed by atoms with Gasteiger partial charge in [-0.25, -0.2) is 0 Å². The van der Waals surface area contributed by atoms with Gasteiger partial charge in [0.05, 0.1) is 5.33 Å². The maximum absolute atomic E-state index is 11.3. The molecule has 1 aliphatic rings. The summed E-state index contributed by atoms with van der Waals surface area (Å²) in [6.07, 6.45) is 4.91. The molecule has 1 fully saturated rings. The summed E-state index contributed by atoms with van der Waals surface area (Å²) < 4.78 is 0. The molecule has 0 amide bonds. The van der Waals surface area contributed by atoms with Gasteiger partial charge in [0.15, 0.2) is 0 Å². The van der Waals surface area contributed by atoms with Crippen molar-refractivity contribution >= 4 is 21.7 Å². The van der Waals surface area contributed by atoms with E-state index in [1.54, 1.807) is 0 Å². The summed E-state index contributed by atoms with van der Waals surface area (Å²) in [4.78, 5) is 11.3. The Balaban J connectivity index is 2.47. The summed E-state index contributed by atoms with van der Waals surface area (Å²) in [7, 11) is 0. The number of hydrogen-bond donors (Lipinski definition) is 0. The molecule has 0 aromatic carbocycles. The van der Waals surface area contributed by atoms with Crippen LogP contribution in [0.15, 0.2) is 0 Å². The van der Waals surface area contributed by atoms with Crippen LogP contribution in [0.2, 0.25) is 0 Å². The maximum atomic E-state index is 11.3. The van der Waals surface area contributed by atoms with Gasteiger partial charge in [0.25, 0.3) is 0 Å². The average Bonchev–Trinajstić information content (AvgIpc) is 2.04. The predicted octanol–water partition coefficient (Wildman–Crippen LogP) is 2.78. The minimum Gasteiger partial charge on any atom is -0.298 e. The zero-order valence-electron chi connectivity index (χ0n) is 6.98. The van der Waals surface area contributed by atoms with Gasteiger partial charge in [-0.05, 0) is 12.3 Å². The third-order valence-corrected chi connectivity index (χ3v) is 3.21. The molecule has 0 aromatic rings. The molecule has 1 rings (SSSR count). The third-order valence-electron chi connectivity index (χ3n) is 2.66. The Hall–Kier alpha value is 0.150. The van der Waals surface area contributed by atoms with Gasteiger partial charge in [-0.1, -0.05) is 42.1 Å². The van der Waals surface area contributed by atoms with Crippen molar-refractivity contribution in [3.05, 3.63) is 0 Å². The molecule has 1 nitrogen and oxygen atoms in total. The summed E-state index contributed by atoms with van der Waals surface area (Å²) in [6, 6.07) is 0. The lowest BCUT2D eigenvalue weighted by atomic mass is 9.78. The largest absolute Gasteiger partial charge is 0.298 e. The normalized spacial score (nSPS) is 31.8. The van der Waals surface area contributed by atoms with E-state index in [0.29, 0.717) is 22.9 Å². The Labute approximate surface area is 76.7 Å². The van der Waals surface area contributed by atoms with Crippen molar-refractivity contribution < 1.29 is 4.79 Å². The van der Waals surface area contributed by atoms with E-state index >= 15 is 0 Å². The molecule has 2 atom stereocenters. The number of carbonyl (C=O) groups excluding carboxylic acids is 1. The van der Waals surface area contributed by atoms with Gasteiger partial charge >= 0.3 is 0 Å². The molecule has 0 N–H and O–H groups in total. The lowest BCUT2D eigenvalue weighted by molar-refractivity contribution is -0.122. The fourth-order valence-electron chi connectivity index (χ4n) is 1.89. The van der Waals surface area contributed by atoms with Gasteiger partial charge < -0.3 is 0 Å². The first kappa shape index (κ1) is 9.24. The van der Waals surface area contributed by atoms with E-state index in [-0.39, 0.29) is 0 Å². The Morgan fingerprint density at radius 2 is 2.09 bits per heavy atom. The van der Waals surface area contributed by atoms with Crippen molar-refractivity contribution in [2.75, 3.05) is 5.33 Å². The number of alkyl halides is 1. The number of Topliss-reactive ketones (excluding diaryl/α,β-unsaturated/α-hetero) is 1. The highest BCUT2D eigenvalue weighted by molar-refractivity contribution is 9.09. The standard InChI is InChI=1S/C9H15BrO/c1-7-4-2-3-5-8(7)9(11)6-10/h7-8H,2-6H2,1H3/t7-,8-/m0/s1. The lowest BCUT2D eigenvalue weighted by Gasteiger charge is -2.26. The van der Waals surface area contributed by atoms with E-state index in [1.807, 2.05) is 0 Å². The van der Waals surface area contributed by atoms with Crippen molar-refractivity contribution in [1.29, 1.82) is 0 Å². The molecular formula is C9H15BrO. The van der Waals surface area contributed by atoms with E-state index in [1.165, 1.54) is 19.3 Å². The first-order valence-electron chi connectivity index (χ1n) is 4.34. The Morgan fingerprint density at radius 3 is 2.64 bits per heavy atom. The molecule has 2 heteroatoms. The summed E-state index contributed by atoms with van der Waals surface area (Å²) in [5, 5.41) is 0.544. The van der Waals surface area contributed by atoms with Crippen LogP contribution in [0, 0.1) is 11.8 Å². The van der Waals surface area contributed by atoms with Crippen molar-refractivity contribution in [3.8, 4) is 0 Å². The van der Waals surface area contributed by atoms with Crippen LogP contribution in [0.5, 0.6) is 0 Å². The zero-order chi connectivity index (χ0) is 8.27. The number of carbonyl (C=O) groups is 1. The summed E-state index contributed by atoms with van der Waals surface area (Å²) >= 11 is 3.23. The monoisotopic (exact) mass is 218 g/mol. The highest BCUT2D eigenvalue weighted by atomic mass is 79.9. The van der Waals surface area contributed by atoms with Crippen molar-refractivity contribution in [2.24, 2.45) is 11.8 Å². The molecule has 0 heterocycles. The predicted molar refractivity (Wildman–Crippen MR) is 49.9 cm³/mol. The Morgan fingerprint density at radius 1 is 1.45 bits per heavy atom. The Kier molecular flexibility index (Phi) is 3.57. The number of rotatable bonds is 2. The van der Waals surface area contributed by atoms with Crippen LogP contribution >= 0.6 is 15.9 Å². The highest BCUT2D eigenvalue weighted by Crippen LogP contribution is 2.30. The molecule has 0 unspecified atom stereocenters. The van der Waals surface area contributed by atoms with Crippen molar-refractivity contribution in [2.45, 2.75) is 32.6 Å². The minimum atomic E-state index is 0.350. The molecule has 0 aliphatic heterocycles. The SMILES string of the molecule is C[C@H]1CCCC[C@@H]1C(=O)CBr. The van der Waals surface area contributed by atoms with Crippen molar-refractivity contribution in [1.82, 2.24) is 0 Å².